The Kier molecular flexibility index (Phi) is 11.3. The first-order chi connectivity index (χ1) is 20.6. The van der Waals surface area contributed by atoms with Crippen LogP contribution in [0.1, 0.15) is 65.4 Å². The molecule has 0 spiro atoms. The molecule has 7 nitrogen and oxygen atoms in total. The molecule has 0 aliphatic carbocycles. The number of aromatic nitrogens is 5. The van der Waals surface area contributed by atoms with Crippen LogP contribution in [0.15, 0.2) is 67.9 Å². The largest absolute Gasteiger partial charge is 0.354 e. The van der Waals surface area contributed by atoms with Gasteiger partial charge in [-0.1, -0.05) is 72.5 Å². The van der Waals surface area contributed by atoms with Gasteiger partial charge in [-0.15, -0.1) is 0 Å². The van der Waals surface area contributed by atoms with Crippen molar-refractivity contribution in [1.82, 2.24) is 29.5 Å². The molecule has 42 heavy (non-hydrogen) atoms. The lowest BCUT2D eigenvalue weighted by atomic mass is 10.0. The summed E-state index contributed by atoms with van der Waals surface area (Å²) in [7, 11) is 2.17. The zero-order valence-corrected chi connectivity index (χ0v) is 26.1. The van der Waals surface area contributed by atoms with E-state index in [1.807, 2.05) is 55.4 Å². The maximum atomic E-state index is 4.71. The number of nitrogens with zero attached hydrogens (tertiary/aromatic N) is 6. The van der Waals surface area contributed by atoms with Gasteiger partial charge in [-0.3, -0.25) is 0 Å². The molecule has 0 saturated carbocycles. The smallest absolute Gasteiger partial charge is 0.137 e. The molecular weight excluding hydrogens is 518 g/mol. The van der Waals surface area contributed by atoms with Gasteiger partial charge in [-0.05, 0) is 48.5 Å². The Balaban J connectivity index is 0.000000398. The standard InChI is InChI=1S/C26H25N7.C7H16.C2H6/c1-3-18-16-30-33-7-5-20(13-24(18)33)23-17-29-26-22(23)12-21(15-28-26)19-4-6-27-25(14-19)32-10-8-31(2)9-11-32;1-3-5-7-6-4-2;1-2/h3-7,12-17H,1,8-11H2,2H3,(H,28,29);3-7H2,1-2H3;1-2H3. The van der Waals surface area contributed by atoms with E-state index < -0.39 is 0 Å². The van der Waals surface area contributed by atoms with Crippen molar-refractivity contribution in [2.24, 2.45) is 0 Å². The van der Waals surface area contributed by atoms with E-state index in [4.69, 9.17) is 4.98 Å². The second kappa shape index (κ2) is 15.3. The van der Waals surface area contributed by atoms with Crippen molar-refractivity contribution in [3.8, 4) is 22.3 Å². The minimum absolute atomic E-state index is 0.874. The molecule has 0 unspecified atom stereocenters. The van der Waals surface area contributed by atoms with E-state index in [9.17, 15) is 0 Å². The van der Waals surface area contributed by atoms with Gasteiger partial charge in [0.25, 0.3) is 0 Å². The average Bonchev–Trinajstić information content (AvgIpc) is 3.66. The van der Waals surface area contributed by atoms with Crippen molar-refractivity contribution in [1.29, 1.82) is 0 Å². The molecule has 0 radical (unpaired) electrons. The predicted molar refractivity (Wildman–Crippen MR) is 179 cm³/mol. The summed E-state index contributed by atoms with van der Waals surface area (Å²) >= 11 is 0. The Morgan fingerprint density at radius 2 is 1.64 bits per heavy atom. The lowest BCUT2D eigenvalue weighted by Crippen LogP contribution is -2.44. The van der Waals surface area contributed by atoms with E-state index in [1.165, 1.54) is 32.1 Å². The lowest BCUT2D eigenvalue weighted by Gasteiger charge is -2.33. The van der Waals surface area contributed by atoms with Crippen LogP contribution in [0.3, 0.4) is 0 Å². The second-order valence-corrected chi connectivity index (χ2v) is 10.6. The van der Waals surface area contributed by atoms with Crippen LogP contribution in [0, 0.1) is 0 Å². The fourth-order valence-corrected chi connectivity index (χ4v) is 5.21. The summed E-state index contributed by atoms with van der Waals surface area (Å²) in [5.41, 5.74) is 7.37. The number of pyridine rings is 3. The normalized spacial score (nSPS) is 13.4. The Labute approximate surface area is 251 Å². The van der Waals surface area contributed by atoms with E-state index in [1.54, 1.807) is 0 Å². The molecule has 1 N–H and O–H groups in total. The minimum Gasteiger partial charge on any atom is -0.354 e. The number of anilines is 1. The van der Waals surface area contributed by atoms with Crippen LogP contribution in [0.25, 0.3) is 44.9 Å². The molecule has 5 aromatic rings. The van der Waals surface area contributed by atoms with Crippen LogP contribution in [-0.4, -0.2) is 62.7 Å². The van der Waals surface area contributed by atoms with Crippen molar-refractivity contribution in [2.75, 3.05) is 38.1 Å². The monoisotopic (exact) mass is 565 g/mol. The van der Waals surface area contributed by atoms with E-state index in [-0.39, 0.29) is 0 Å². The number of aromatic amines is 1. The van der Waals surface area contributed by atoms with Gasteiger partial charge >= 0.3 is 0 Å². The van der Waals surface area contributed by atoms with Crippen LogP contribution < -0.4 is 4.90 Å². The van der Waals surface area contributed by atoms with E-state index in [2.05, 4.69) is 82.7 Å². The van der Waals surface area contributed by atoms with Crippen LogP contribution >= 0.6 is 0 Å². The fraction of sp³-hybridized carbons (Fsp3) is 0.400. The van der Waals surface area contributed by atoms with Gasteiger partial charge in [-0.25, -0.2) is 14.5 Å². The van der Waals surface area contributed by atoms with Gasteiger partial charge in [0.2, 0.25) is 0 Å². The predicted octanol–water partition coefficient (Wildman–Crippen LogP) is 8.34. The lowest BCUT2D eigenvalue weighted by molar-refractivity contribution is 0.312. The molecule has 222 valence electrons. The molecule has 0 atom stereocenters. The number of H-pyrrole nitrogens is 1. The van der Waals surface area contributed by atoms with Gasteiger partial charge < -0.3 is 14.8 Å². The Bertz CT molecular complexity index is 1550. The first kappa shape index (κ1) is 31.0. The van der Waals surface area contributed by atoms with Crippen LogP contribution in [-0.2, 0) is 0 Å². The molecular formula is C35H47N7. The van der Waals surface area contributed by atoms with Gasteiger partial charge in [-0.2, -0.15) is 5.10 Å². The Morgan fingerprint density at radius 3 is 2.36 bits per heavy atom. The molecule has 0 bridgehead atoms. The maximum absolute atomic E-state index is 4.71. The molecule has 1 aliphatic heterocycles. The fourth-order valence-electron chi connectivity index (χ4n) is 5.21. The first-order valence-electron chi connectivity index (χ1n) is 15.6. The Hall–Kier alpha value is -3.97. The molecule has 6 rings (SSSR count). The van der Waals surface area contributed by atoms with Gasteiger partial charge in [0.15, 0.2) is 0 Å². The third kappa shape index (κ3) is 7.26. The minimum atomic E-state index is 0.874. The average molecular weight is 566 g/mol. The quantitative estimate of drug-likeness (QED) is 0.192. The number of hydrogen-bond donors (Lipinski definition) is 1. The molecule has 1 fully saturated rings. The summed E-state index contributed by atoms with van der Waals surface area (Å²) < 4.78 is 1.87. The number of likely N-dealkylation sites (N-methyl/N-ethyl adjacent to an activating group) is 1. The van der Waals surface area contributed by atoms with Crippen molar-refractivity contribution >= 4 is 28.4 Å². The highest BCUT2D eigenvalue weighted by Gasteiger charge is 2.16. The SMILES string of the molecule is C=Cc1cnn2ccc(-c3c[nH]c4ncc(-c5ccnc(N6CCN(C)CC6)c5)cc34)cc12.CC.CCCCCCC. The summed E-state index contributed by atoms with van der Waals surface area (Å²) in [6.45, 7) is 16.5. The van der Waals surface area contributed by atoms with Crippen LogP contribution in [0.2, 0.25) is 0 Å². The molecule has 0 aromatic carbocycles. The Morgan fingerprint density at radius 1 is 0.881 bits per heavy atom. The summed E-state index contributed by atoms with van der Waals surface area (Å²) in [6, 6.07) is 10.7. The van der Waals surface area contributed by atoms with Crippen molar-refractivity contribution < 1.29 is 0 Å². The highest BCUT2D eigenvalue weighted by Crippen LogP contribution is 2.32. The zero-order valence-electron chi connectivity index (χ0n) is 26.1. The number of nitrogens with one attached hydrogen (secondary N) is 1. The second-order valence-electron chi connectivity index (χ2n) is 10.6. The third-order valence-electron chi connectivity index (χ3n) is 7.73. The van der Waals surface area contributed by atoms with Crippen molar-refractivity contribution in [3.63, 3.8) is 0 Å². The van der Waals surface area contributed by atoms with Gasteiger partial charge in [0.1, 0.15) is 11.5 Å². The van der Waals surface area contributed by atoms with Gasteiger partial charge in [0, 0.05) is 73.0 Å². The van der Waals surface area contributed by atoms with Crippen molar-refractivity contribution in [3.05, 3.63) is 73.5 Å². The molecule has 6 heterocycles. The molecule has 0 amide bonds. The van der Waals surface area contributed by atoms with Crippen LogP contribution in [0.5, 0.6) is 0 Å². The third-order valence-corrected chi connectivity index (χ3v) is 7.73. The van der Waals surface area contributed by atoms with Crippen LogP contribution in [0.4, 0.5) is 5.82 Å². The summed E-state index contributed by atoms with van der Waals surface area (Å²) in [5.74, 6) is 1.03. The summed E-state index contributed by atoms with van der Waals surface area (Å²) in [4.78, 5) is 17.4. The first-order valence-corrected chi connectivity index (χ1v) is 15.6. The number of rotatable bonds is 8. The maximum Gasteiger partial charge on any atom is 0.137 e. The molecule has 7 heteroatoms. The summed E-state index contributed by atoms with van der Waals surface area (Å²) in [6.07, 6.45) is 18.5. The highest BCUT2D eigenvalue weighted by atomic mass is 15.3. The summed E-state index contributed by atoms with van der Waals surface area (Å²) in [5, 5.41) is 5.48. The molecule has 5 aromatic heterocycles. The van der Waals surface area contributed by atoms with E-state index >= 15 is 0 Å². The number of piperazine rings is 1. The number of unbranched alkanes of at least 4 members (excludes halogenated alkanes) is 4. The zero-order chi connectivity index (χ0) is 29.9. The number of hydrogen-bond acceptors (Lipinski definition) is 5. The number of fused-ring (bicyclic) bond motifs is 2. The molecule has 1 saturated heterocycles. The molecule has 1 aliphatic rings. The topological polar surface area (TPSA) is 65.4 Å². The van der Waals surface area contributed by atoms with Gasteiger partial charge in [0.05, 0.1) is 11.7 Å². The van der Waals surface area contributed by atoms with Crippen molar-refractivity contribution in [2.45, 2.75) is 59.8 Å². The highest BCUT2D eigenvalue weighted by molar-refractivity contribution is 5.96. The van der Waals surface area contributed by atoms with E-state index in [0.29, 0.717) is 0 Å². The van der Waals surface area contributed by atoms with E-state index in [0.717, 1.165) is 76.4 Å².